The van der Waals surface area contributed by atoms with E-state index in [1.54, 1.807) is 45.9 Å². The van der Waals surface area contributed by atoms with Crippen LogP contribution in [0.1, 0.15) is 104 Å². The maximum atomic E-state index is 14.1. The summed E-state index contributed by atoms with van der Waals surface area (Å²) in [6.45, 7) is 15.9. The van der Waals surface area contributed by atoms with Crippen molar-refractivity contribution < 1.29 is 24.2 Å². The molecule has 0 bridgehead atoms. The van der Waals surface area contributed by atoms with E-state index in [0.717, 1.165) is 25.7 Å². The van der Waals surface area contributed by atoms with E-state index in [2.05, 4.69) is 17.6 Å². The average Bonchev–Trinajstić information content (AvgIpc) is 2.78. The first-order valence-corrected chi connectivity index (χ1v) is 13.7. The molecule has 3 amide bonds. The third-order valence-corrected chi connectivity index (χ3v) is 5.93. The molecule has 3 N–H and O–H groups in total. The molecule has 0 aromatic heterocycles. The monoisotopic (exact) mass is 519 g/mol. The first-order valence-electron chi connectivity index (χ1n) is 13.7. The van der Waals surface area contributed by atoms with Crippen molar-refractivity contribution in [2.24, 2.45) is 5.92 Å². The second kappa shape index (κ2) is 15.5. The summed E-state index contributed by atoms with van der Waals surface area (Å²) in [5.41, 5.74) is 0.278. The number of carbonyl (C=O) groups excluding carboxylic acids is 3. The van der Waals surface area contributed by atoms with Crippen LogP contribution in [0, 0.1) is 12.8 Å². The Morgan fingerprint density at radius 1 is 1.05 bits per heavy atom. The molecule has 0 aliphatic heterocycles. The van der Waals surface area contributed by atoms with E-state index >= 15 is 0 Å². The molecule has 1 rings (SSSR count). The summed E-state index contributed by atoms with van der Waals surface area (Å²) in [4.78, 5) is 41.9. The second-order valence-electron chi connectivity index (χ2n) is 11.1. The molecule has 2 unspecified atom stereocenters. The summed E-state index contributed by atoms with van der Waals surface area (Å²) in [5, 5.41) is 16.6. The van der Waals surface area contributed by atoms with E-state index in [9.17, 15) is 19.5 Å². The fraction of sp³-hybridized carbons (Fsp3) is 0.690. The molecule has 8 heteroatoms. The number of amides is 3. The van der Waals surface area contributed by atoms with Crippen molar-refractivity contribution >= 4 is 17.9 Å². The van der Waals surface area contributed by atoms with Gasteiger partial charge in [-0.1, -0.05) is 65.2 Å². The molecule has 0 aliphatic rings. The minimum absolute atomic E-state index is 0.00746. The van der Waals surface area contributed by atoms with Crippen LogP contribution < -0.4 is 10.6 Å². The van der Waals surface area contributed by atoms with Crippen molar-refractivity contribution in [1.82, 2.24) is 15.5 Å². The molecule has 0 heterocycles. The Hall–Kier alpha value is -2.77. The number of para-hydroxylation sites is 1. The molecular weight excluding hydrogens is 470 g/mol. The zero-order valence-corrected chi connectivity index (χ0v) is 24.1. The summed E-state index contributed by atoms with van der Waals surface area (Å²) in [7, 11) is 0. The lowest BCUT2D eigenvalue weighted by Crippen LogP contribution is -2.53. The highest BCUT2D eigenvalue weighted by atomic mass is 16.6. The number of benzene rings is 1. The van der Waals surface area contributed by atoms with Gasteiger partial charge in [0.25, 0.3) is 0 Å². The molecule has 37 heavy (non-hydrogen) atoms. The van der Waals surface area contributed by atoms with Gasteiger partial charge in [0.2, 0.25) is 11.8 Å². The molecule has 0 spiro atoms. The van der Waals surface area contributed by atoms with E-state index in [1.165, 1.54) is 4.90 Å². The van der Waals surface area contributed by atoms with Crippen LogP contribution in [0.3, 0.4) is 0 Å². The molecule has 0 fully saturated rings. The number of phenols is 1. The van der Waals surface area contributed by atoms with Gasteiger partial charge >= 0.3 is 6.09 Å². The van der Waals surface area contributed by atoms with Crippen molar-refractivity contribution in [3.63, 3.8) is 0 Å². The van der Waals surface area contributed by atoms with Gasteiger partial charge in [-0.2, -0.15) is 0 Å². The van der Waals surface area contributed by atoms with E-state index in [-0.39, 0.29) is 23.5 Å². The predicted octanol–water partition coefficient (Wildman–Crippen LogP) is 5.62. The first kappa shape index (κ1) is 32.3. The van der Waals surface area contributed by atoms with Crippen LogP contribution in [-0.2, 0) is 14.3 Å². The van der Waals surface area contributed by atoms with Gasteiger partial charge in [0.05, 0.1) is 0 Å². The van der Waals surface area contributed by atoms with Crippen LogP contribution in [0.4, 0.5) is 4.79 Å². The number of rotatable bonds is 14. The van der Waals surface area contributed by atoms with E-state index in [1.807, 2.05) is 20.8 Å². The summed E-state index contributed by atoms with van der Waals surface area (Å²) in [6, 6.07) is 3.31. The molecular formula is C29H49N3O5. The van der Waals surface area contributed by atoms with Crippen molar-refractivity contribution in [2.75, 3.05) is 13.1 Å². The third kappa shape index (κ3) is 11.0. The maximum absolute atomic E-state index is 14.1. The Balaban J connectivity index is 3.52. The SMILES string of the molecule is CCCCCN(C(=O)C(CC(C)C)NC(=O)OC(C)(C)C)C(C(=O)NCCCC)c1cccc(C)c1O. The van der Waals surface area contributed by atoms with E-state index in [0.29, 0.717) is 37.1 Å². The molecule has 8 nitrogen and oxygen atoms in total. The molecule has 1 aromatic rings. The Labute approximate surface area is 223 Å². The molecule has 210 valence electrons. The number of unbranched alkanes of at least 4 members (excludes halogenated alkanes) is 3. The van der Waals surface area contributed by atoms with Gasteiger partial charge in [-0.05, 0) is 58.4 Å². The highest BCUT2D eigenvalue weighted by molar-refractivity contribution is 5.92. The first-order chi connectivity index (χ1) is 17.3. The number of alkyl carbamates (subject to hydrolysis) is 1. The number of carbonyl (C=O) groups is 3. The van der Waals surface area contributed by atoms with Crippen LogP contribution in [0.5, 0.6) is 5.75 Å². The lowest BCUT2D eigenvalue weighted by atomic mass is 9.97. The summed E-state index contributed by atoms with van der Waals surface area (Å²) in [6.07, 6.45) is 3.93. The van der Waals surface area contributed by atoms with Gasteiger partial charge in [-0.3, -0.25) is 9.59 Å². The highest BCUT2D eigenvalue weighted by Gasteiger charge is 2.37. The number of phenolic OH excluding ortho intramolecular Hbond substituents is 1. The smallest absolute Gasteiger partial charge is 0.408 e. The summed E-state index contributed by atoms with van der Waals surface area (Å²) >= 11 is 0. The molecule has 2 atom stereocenters. The predicted molar refractivity (Wildman–Crippen MR) is 147 cm³/mol. The maximum Gasteiger partial charge on any atom is 0.408 e. The van der Waals surface area contributed by atoms with E-state index in [4.69, 9.17) is 4.74 Å². The number of ether oxygens (including phenoxy) is 1. The number of nitrogens with one attached hydrogen (secondary N) is 2. The molecule has 0 saturated heterocycles. The number of hydrogen-bond donors (Lipinski definition) is 3. The van der Waals surface area contributed by atoms with Gasteiger partial charge in [-0.15, -0.1) is 0 Å². The molecule has 0 radical (unpaired) electrons. The lowest BCUT2D eigenvalue weighted by molar-refractivity contribution is -0.143. The minimum atomic E-state index is -1.03. The fourth-order valence-corrected chi connectivity index (χ4v) is 4.08. The van der Waals surface area contributed by atoms with Crippen molar-refractivity contribution in [3.05, 3.63) is 29.3 Å². The van der Waals surface area contributed by atoms with Gasteiger partial charge in [0.15, 0.2) is 0 Å². The Bertz CT molecular complexity index is 879. The van der Waals surface area contributed by atoms with Gasteiger partial charge < -0.3 is 25.4 Å². The van der Waals surface area contributed by atoms with Gasteiger partial charge in [-0.25, -0.2) is 4.79 Å². The standard InChI is InChI=1S/C29H49N3O5/c1-9-11-13-18-32(27(35)23(19-20(3)4)31-28(36)37-29(6,7)8)24(26(34)30-17-12-10-2)22-16-14-15-21(5)25(22)33/h14-16,20,23-24,33H,9-13,17-19H2,1-8H3,(H,30,34)(H,31,36). The Morgan fingerprint density at radius 2 is 1.70 bits per heavy atom. The summed E-state index contributed by atoms with van der Waals surface area (Å²) < 4.78 is 5.43. The van der Waals surface area contributed by atoms with Crippen LogP contribution >= 0.6 is 0 Å². The van der Waals surface area contributed by atoms with Crippen LogP contribution in [0.25, 0.3) is 0 Å². The third-order valence-electron chi connectivity index (χ3n) is 5.93. The molecule has 0 aliphatic carbocycles. The minimum Gasteiger partial charge on any atom is -0.507 e. The van der Waals surface area contributed by atoms with Crippen molar-refractivity contribution in [2.45, 2.75) is 112 Å². The number of nitrogens with zero attached hydrogens (tertiary/aromatic N) is 1. The number of aromatic hydroxyl groups is 1. The summed E-state index contributed by atoms with van der Waals surface area (Å²) in [5.74, 6) is -0.621. The zero-order chi connectivity index (χ0) is 28.2. The number of hydrogen-bond acceptors (Lipinski definition) is 5. The number of aryl methyl sites for hydroxylation is 1. The van der Waals surface area contributed by atoms with Gasteiger partial charge in [0.1, 0.15) is 23.4 Å². The molecule has 1 aromatic carbocycles. The van der Waals surface area contributed by atoms with Crippen LogP contribution in [-0.4, -0.2) is 52.6 Å². The second-order valence-corrected chi connectivity index (χ2v) is 11.1. The normalized spacial score (nSPS) is 13.1. The van der Waals surface area contributed by atoms with Crippen LogP contribution in [0.15, 0.2) is 18.2 Å². The topological polar surface area (TPSA) is 108 Å². The molecule has 0 saturated carbocycles. The van der Waals surface area contributed by atoms with Crippen molar-refractivity contribution in [1.29, 1.82) is 0 Å². The van der Waals surface area contributed by atoms with Crippen LogP contribution in [0.2, 0.25) is 0 Å². The Morgan fingerprint density at radius 3 is 2.27 bits per heavy atom. The Kier molecular flexibility index (Phi) is 13.5. The zero-order valence-electron chi connectivity index (χ0n) is 24.1. The average molecular weight is 520 g/mol. The fourth-order valence-electron chi connectivity index (χ4n) is 4.08. The van der Waals surface area contributed by atoms with Crippen molar-refractivity contribution in [3.8, 4) is 5.75 Å². The lowest BCUT2D eigenvalue weighted by Gasteiger charge is -2.35. The largest absolute Gasteiger partial charge is 0.507 e. The highest BCUT2D eigenvalue weighted by Crippen LogP contribution is 2.33. The quantitative estimate of drug-likeness (QED) is 0.277. The van der Waals surface area contributed by atoms with Gasteiger partial charge in [0, 0.05) is 18.7 Å². The van der Waals surface area contributed by atoms with E-state index < -0.39 is 23.8 Å².